The van der Waals surface area contributed by atoms with Crippen LogP contribution in [0.5, 0.6) is 0 Å². The molecule has 0 spiro atoms. The van der Waals surface area contributed by atoms with Crippen LogP contribution in [0.2, 0.25) is 0 Å². The highest BCUT2D eigenvalue weighted by Gasteiger charge is 2.16. The van der Waals surface area contributed by atoms with E-state index < -0.39 is 0 Å². The summed E-state index contributed by atoms with van der Waals surface area (Å²) in [5.74, 6) is -0.171. The lowest BCUT2D eigenvalue weighted by molar-refractivity contribution is 0.0994. The minimum absolute atomic E-state index is 0.171. The molecule has 1 amide bonds. The molecule has 0 saturated carbocycles. The number of carbonyl (C=O) groups excluding carboxylic acids is 1. The Balaban J connectivity index is 2.36. The van der Waals surface area contributed by atoms with Crippen LogP contribution in [0.1, 0.15) is 15.9 Å². The molecule has 0 aliphatic heterocycles. The predicted molar refractivity (Wildman–Crippen MR) is 79.2 cm³/mol. The summed E-state index contributed by atoms with van der Waals surface area (Å²) in [6, 6.07) is 12.6. The summed E-state index contributed by atoms with van der Waals surface area (Å²) < 4.78 is 0. The minimum Gasteiger partial charge on any atom is -0.399 e. The van der Waals surface area contributed by atoms with Crippen LogP contribution in [0.25, 0.3) is 0 Å². The largest absolute Gasteiger partial charge is 0.399 e. The zero-order valence-electron chi connectivity index (χ0n) is 11.1. The van der Waals surface area contributed by atoms with Gasteiger partial charge in [-0.3, -0.25) is 4.79 Å². The topological polar surface area (TPSA) is 72.3 Å². The van der Waals surface area contributed by atoms with E-state index in [1.54, 1.807) is 30.1 Å². The Morgan fingerprint density at radius 2 is 1.84 bits per heavy atom. The van der Waals surface area contributed by atoms with Crippen molar-refractivity contribution in [2.75, 3.05) is 23.4 Å². The van der Waals surface area contributed by atoms with Crippen LogP contribution in [0.4, 0.5) is 17.1 Å². The summed E-state index contributed by atoms with van der Waals surface area (Å²) in [5, 5.41) is 0. The van der Waals surface area contributed by atoms with Crippen molar-refractivity contribution in [3.63, 3.8) is 0 Å². The first kappa shape index (κ1) is 13.0. The maximum atomic E-state index is 12.4. The Bertz CT molecular complexity index is 623. The molecule has 0 unspecified atom stereocenters. The van der Waals surface area contributed by atoms with Gasteiger partial charge in [0.15, 0.2) is 0 Å². The molecule has 0 aliphatic rings. The molecule has 0 radical (unpaired) electrons. The standard InChI is InChI=1S/C15H17N3O/c1-10-4-3-5-12(8-10)18(2)15(19)13-9-11(16)6-7-14(13)17/h3-9H,16-17H2,1-2H3. The number of rotatable bonds is 2. The number of carbonyl (C=O) groups is 1. The molecule has 2 rings (SSSR count). The highest BCUT2D eigenvalue weighted by Crippen LogP contribution is 2.21. The molecule has 0 heterocycles. The van der Waals surface area contributed by atoms with Gasteiger partial charge in [0, 0.05) is 24.1 Å². The van der Waals surface area contributed by atoms with Crippen LogP contribution in [0, 0.1) is 6.92 Å². The molecular weight excluding hydrogens is 238 g/mol. The van der Waals surface area contributed by atoms with Crippen LogP contribution in [-0.4, -0.2) is 13.0 Å². The third-order valence-electron chi connectivity index (χ3n) is 3.00. The summed E-state index contributed by atoms with van der Waals surface area (Å²) in [4.78, 5) is 14.0. The van der Waals surface area contributed by atoms with Crippen molar-refractivity contribution in [3.8, 4) is 0 Å². The van der Waals surface area contributed by atoms with E-state index in [4.69, 9.17) is 11.5 Å². The van der Waals surface area contributed by atoms with Gasteiger partial charge >= 0.3 is 0 Å². The Labute approximate surface area is 112 Å². The fraction of sp³-hybridized carbons (Fsp3) is 0.133. The molecular formula is C15H17N3O. The van der Waals surface area contributed by atoms with Crippen LogP contribution in [0.3, 0.4) is 0 Å². The van der Waals surface area contributed by atoms with Gasteiger partial charge in [0.2, 0.25) is 0 Å². The molecule has 4 heteroatoms. The van der Waals surface area contributed by atoms with E-state index in [2.05, 4.69) is 0 Å². The maximum absolute atomic E-state index is 12.4. The number of nitrogen functional groups attached to an aromatic ring is 2. The van der Waals surface area contributed by atoms with Crippen LogP contribution < -0.4 is 16.4 Å². The smallest absolute Gasteiger partial charge is 0.260 e. The lowest BCUT2D eigenvalue weighted by Crippen LogP contribution is -2.27. The fourth-order valence-corrected chi connectivity index (χ4v) is 1.89. The number of benzene rings is 2. The molecule has 19 heavy (non-hydrogen) atoms. The van der Waals surface area contributed by atoms with Crippen molar-refractivity contribution in [2.24, 2.45) is 0 Å². The third kappa shape index (κ3) is 2.68. The second kappa shape index (κ2) is 5.02. The van der Waals surface area contributed by atoms with Gasteiger partial charge < -0.3 is 16.4 Å². The molecule has 98 valence electrons. The quantitative estimate of drug-likeness (QED) is 0.809. The predicted octanol–water partition coefficient (Wildman–Crippen LogP) is 2.44. The molecule has 0 aliphatic carbocycles. The molecule has 0 fully saturated rings. The summed E-state index contributed by atoms with van der Waals surface area (Å²) in [5.41, 5.74) is 14.8. The van der Waals surface area contributed by atoms with E-state index in [9.17, 15) is 4.79 Å². The van der Waals surface area contributed by atoms with Crippen LogP contribution in [0.15, 0.2) is 42.5 Å². The van der Waals surface area contributed by atoms with Gasteiger partial charge in [-0.25, -0.2) is 0 Å². The van der Waals surface area contributed by atoms with Crippen LogP contribution >= 0.6 is 0 Å². The monoisotopic (exact) mass is 255 g/mol. The van der Waals surface area contributed by atoms with Crippen LogP contribution in [-0.2, 0) is 0 Å². The lowest BCUT2D eigenvalue weighted by Gasteiger charge is -2.19. The molecule has 4 N–H and O–H groups in total. The average Bonchev–Trinajstić information content (AvgIpc) is 2.40. The van der Waals surface area contributed by atoms with Crippen molar-refractivity contribution in [1.29, 1.82) is 0 Å². The number of aryl methyl sites for hydroxylation is 1. The van der Waals surface area contributed by atoms with Crippen molar-refractivity contribution in [1.82, 2.24) is 0 Å². The number of hydrogen-bond acceptors (Lipinski definition) is 3. The molecule has 0 atom stereocenters. The summed E-state index contributed by atoms with van der Waals surface area (Å²) in [6.45, 7) is 1.98. The van der Waals surface area contributed by atoms with Crippen molar-refractivity contribution >= 4 is 23.0 Å². The van der Waals surface area contributed by atoms with E-state index in [-0.39, 0.29) is 5.91 Å². The van der Waals surface area contributed by atoms with Gasteiger partial charge in [-0.1, -0.05) is 12.1 Å². The zero-order chi connectivity index (χ0) is 14.0. The third-order valence-corrected chi connectivity index (χ3v) is 3.00. The number of anilines is 3. The van der Waals surface area contributed by atoms with E-state index >= 15 is 0 Å². The number of amides is 1. The lowest BCUT2D eigenvalue weighted by atomic mass is 10.1. The zero-order valence-corrected chi connectivity index (χ0v) is 11.1. The summed E-state index contributed by atoms with van der Waals surface area (Å²) in [6.07, 6.45) is 0. The van der Waals surface area contributed by atoms with Gasteiger partial charge in [-0.2, -0.15) is 0 Å². The average molecular weight is 255 g/mol. The Hall–Kier alpha value is -2.49. The van der Waals surface area contributed by atoms with Gasteiger partial charge in [0.25, 0.3) is 5.91 Å². The van der Waals surface area contributed by atoms with Gasteiger partial charge in [0.1, 0.15) is 0 Å². The first-order chi connectivity index (χ1) is 8.99. The second-order valence-corrected chi connectivity index (χ2v) is 4.55. The summed E-state index contributed by atoms with van der Waals surface area (Å²) in [7, 11) is 1.72. The van der Waals surface area contributed by atoms with Gasteiger partial charge in [-0.05, 0) is 42.8 Å². The first-order valence-electron chi connectivity index (χ1n) is 5.99. The Morgan fingerprint density at radius 3 is 2.53 bits per heavy atom. The van der Waals surface area contributed by atoms with E-state index in [1.165, 1.54) is 0 Å². The summed E-state index contributed by atoms with van der Waals surface area (Å²) >= 11 is 0. The van der Waals surface area contributed by atoms with E-state index in [1.807, 2.05) is 31.2 Å². The van der Waals surface area contributed by atoms with Gasteiger partial charge in [-0.15, -0.1) is 0 Å². The fourth-order valence-electron chi connectivity index (χ4n) is 1.89. The highest BCUT2D eigenvalue weighted by molar-refractivity contribution is 6.09. The molecule has 4 nitrogen and oxygen atoms in total. The Morgan fingerprint density at radius 1 is 1.11 bits per heavy atom. The molecule has 2 aromatic carbocycles. The Kier molecular flexibility index (Phi) is 3.42. The first-order valence-corrected chi connectivity index (χ1v) is 5.99. The van der Waals surface area contributed by atoms with E-state index in [0.717, 1.165) is 11.3 Å². The normalized spacial score (nSPS) is 10.2. The number of hydrogen-bond donors (Lipinski definition) is 2. The minimum atomic E-state index is -0.171. The van der Waals surface area contributed by atoms with Crippen molar-refractivity contribution in [2.45, 2.75) is 6.92 Å². The molecule has 0 bridgehead atoms. The second-order valence-electron chi connectivity index (χ2n) is 4.55. The van der Waals surface area contributed by atoms with Crippen molar-refractivity contribution in [3.05, 3.63) is 53.6 Å². The SMILES string of the molecule is Cc1cccc(N(C)C(=O)c2cc(N)ccc2N)c1. The maximum Gasteiger partial charge on any atom is 0.260 e. The molecule has 2 aromatic rings. The molecule has 0 saturated heterocycles. The number of nitrogens with zero attached hydrogens (tertiary/aromatic N) is 1. The van der Waals surface area contributed by atoms with Gasteiger partial charge in [0.05, 0.1) is 5.56 Å². The van der Waals surface area contributed by atoms with E-state index in [0.29, 0.717) is 16.9 Å². The van der Waals surface area contributed by atoms with Crippen molar-refractivity contribution < 1.29 is 4.79 Å². The molecule has 0 aromatic heterocycles. The number of nitrogens with two attached hydrogens (primary N) is 2. The highest BCUT2D eigenvalue weighted by atomic mass is 16.2.